The van der Waals surface area contributed by atoms with E-state index in [4.69, 9.17) is 4.74 Å². The molecule has 1 aromatic rings. The highest BCUT2D eigenvalue weighted by atomic mass is 16.5. The molecule has 0 radical (unpaired) electrons. The number of nitrogens with zero attached hydrogens (tertiary/aromatic N) is 1. The number of ketones is 1. The summed E-state index contributed by atoms with van der Waals surface area (Å²) in [5, 5.41) is 6.04. The van der Waals surface area contributed by atoms with Gasteiger partial charge in [-0.05, 0) is 62.0 Å². The number of Topliss-reactive ketones (excluding diaryl/α,β-unsaturated/α-hetero) is 1. The van der Waals surface area contributed by atoms with Crippen molar-refractivity contribution in [1.29, 1.82) is 0 Å². The minimum Gasteiger partial charge on any atom is -0.497 e. The van der Waals surface area contributed by atoms with Crippen molar-refractivity contribution in [2.45, 2.75) is 25.7 Å². The van der Waals surface area contributed by atoms with Crippen LogP contribution in [0, 0.1) is 11.8 Å². The van der Waals surface area contributed by atoms with E-state index < -0.39 is 0 Å². The highest BCUT2D eigenvalue weighted by molar-refractivity contribution is 5.99. The fourth-order valence-electron chi connectivity index (χ4n) is 3.99. The first-order chi connectivity index (χ1) is 13.6. The van der Waals surface area contributed by atoms with E-state index in [1.807, 2.05) is 4.90 Å². The zero-order chi connectivity index (χ0) is 19.9. The summed E-state index contributed by atoms with van der Waals surface area (Å²) < 4.78 is 5.06. The average molecular weight is 387 g/mol. The summed E-state index contributed by atoms with van der Waals surface area (Å²) in [4.78, 5) is 38.5. The van der Waals surface area contributed by atoms with Gasteiger partial charge in [-0.2, -0.15) is 0 Å². The Balaban J connectivity index is 1.37. The maximum absolute atomic E-state index is 12.4. The summed E-state index contributed by atoms with van der Waals surface area (Å²) in [5.41, 5.74) is 0.516. The zero-order valence-electron chi connectivity index (χ0n) is 16.4. The Morgan fingerprint density at radius 1 is 1.07 bits per heavy atom. The van der Waals surface area contributed by atoms with E-state index in [1.54, 1.807) is 31.4 Å². The number of hydrogen-bond donors (Lipinski definition) is 2. The van der Waals surface area contributed by atoms with Crippen LogP contribution in [0.4, 0.5) is 0 Å². The molecule has 0 bridgehead atoms. The van der Waals surface area contributed by atoms with Crippen LogP contribution in [0.5, 0.6) is 5.75 Å². The van der Waals surface area contributed by atoms with E-state index in [0.717, 1.165) is 39.0 Å². The monoisotopic (exact) mass is 387 g/mol. The molecule has 0 aromatic heterocycles. The van der Waals surface area contributed by atoms with Gasteiger partial charge in [0.1, 0.15) is 5.75 Å². The first kappa shape index (κ1) is 20.3. The molecule has 2 atom stereocenters. The molecule has 2 saturated heterocycles. The minimum absolute atomic E-state index is 0.0320. The van der Waals surface area contributed by atoms with Crippen LogP contribution in [-0.4, -0.2) is 62.3 Å². The maximum atomic E-state index is 12.4. The van der Waals surface area contributed by atoms with E-state index in [9.17, 15) is 14.4 Å². The van der Waals surface area contributed by atoms with Crippen LogP contribution in [0.3, 0.4) is 0 Å². The standard InChI is InChI=1S/C21H29N3O4/c1-28-18-4-2-15(3-5-18)19(25)14-23-20(26)6-7-21(27)24-10-8-16-12-22-13-17(16)9-11-24/h2-5,16-17,22H,6-14H2,1H3,(H,23,26)/t16-,17+. The quantitative estimate of drug-likeness (QED) is 0.687. The number of likely N-dealkylation sites (tertiary alicyclic amines) is 1. The van der Waals surface area contributed by atoms with E-state index >= 15 is 0 Å². The molecule has 1 aromatic carbocycles. The lowest BCUT2D eigenvalue weighted by atomic mass is 9.92. The third kappa shape index (κ3) is 5.32. The topological polar surface area (TPSA) is 87.7 Å². The van der Waals surface area contributed by atoms with Gasteiger partial charge in [-0.3, -0.25) is 14.4 Å². The second-order valence-corrected chi connectivity index (χ2v) is 7.56. The number of hydrogen-bond acceptors (Lipinski definition) is 5. The van der Waals surface area contributed by atoms with Crippen molar-refractivity contribution in [2.75, 3.05) is 39.8 Å². The van der Waals surface area contributed by atoms with E-state index in [1.165, 1.54) is 0 Å². The van der Waals surface area contributed by atoms with Gasteiger partial charge in [0.2, 0.25) is 11.8 Å². The Morgan fingerprint density at radius 2 is 1.71 bits per heavy atom. The van der Waals surface area contributed by atoms with Crippen molar-refractivity contribution in [2.24, 2.45) is 11.8 Å². The second kappa shape index (κ2) is 9.68. The Labute approximate surface area is 165 Å². The van der Waals surface area contributed by atoms with Crippen LogP contribution in [0.1, 0.15) is 36.0 Å². The lowest BCUT2D eigenvalue weighted by molar-refractivity contribution is -0.133. The van der Waals surface area contributed by atoms with Gasteiger partial charge in [0.15, 0.2) is 5.78 Å². The van der Waals surface area contributed by atoms with Crippen molar-refractivity contribution in [3.63, 3.8) is 0 Å². The average Bonchev–Trinajstić information content (AvgIpc) is 3.08. The third-order valence-corrected chi connectivity index (χ3v) is 5.80. The smallest absolute Gasteiger partial charge is 0.223 e. The van der Waals surface area contributed by atoms with Crippen molar-refractivity contribution in [1.82, 2.24) is 15.5 Å². The number of methoxy groups -OCH3 is 1. The Morgan fingerprint density at radius 3 is 2.32 bits per heavy atom. The molecule has 0 spiro atoms. The summed E-state index contributed by atoms with van der Waals surface area (Å²) in [6.45, 7) is 3.59. The van der Waals surface area contributed by atoms with E-state index in [0.29, 0.717) is 23.1 Å². The fourth-order valence-corrected chi connectivity index (χ4v) is 3.99. The Hall–Kier alpha value is -2.41. The summed E-state index contributed by atoms with van der Waals surface area (Å²) in [6.07, 6.45) is 2.37. The molecule has 2 N–H and O–H groups in total. The summed E-state index contributed by atoms with van der Waals surface area (Å²) in [6, 6.07) is 6.75. The largest absolute Gasteiger partial charge is 0.497 e. The van der Waals surface area contributed by atoms with Gasteiger partial charge >= 0.3 is 0 Å². The SMILES string of the molecule is COc1ccc(C(=O)CNC(=O)CCC(=O)N2CC[C@@H]3CNC[C@@H]3CC2)cc1. The molecule has 2 fully saturated rings. The Kier molecular flexibility index (Phi) is 7.03. The predicted octanol–water partition coefficient (Wildman–Crippen LogP) is 1.23. The molecule has 28 heavy (non-hydrogen) atoms. The molecule has 2 aliphatic rings. The first-order valence-electron chi connectivity index (χ1n) is 9.99. The molecular formula is C21H29N3O4. The van der Waals surface area contributed by atoms with E-state index in [-0.39, 0.29) is 37.0 Å². The molecule has 0 aliphatic carbocycles. The van der Waals surface area contributed by atoms with Crippen LogP contribution in [0.25, 0.3) is 0 Å². The number of amides is 2. The molecule has 2 aliphatic heterocycles. The lowest BCUT2D eigenvalue weighted by Gasteiger charge is -2.20. The van der Waals surface area contributed by atoms with Gasteiger partial charge in [-0.25, -0.2) is 0 Å². The molecule has 0 unspecified atom stereocenters. The van der Waals surface area contributed by atoms with Gasteiger partial charge in [-0.15, -0.1) is 0 Å². The van der Waals surface area contributed by atoms with Gasteiger partial charge in [0.05, 0.1) is 13.7 Å². The maximum Gasteiger partial charge on any atom is 0.223 e. The van der Waals surface area contributed by atoms with Crippen LogP contribution < -0.4 is 15.4 Å². The first-order valence-corrected chi connectivity index (χ1v) is 9.99. The van der Waals surface area contributed by atoms with Crippen LogP contribution in [0.2, 0.25) is 0 Å². The zero-order valence-corrected chi connectivity index (χ0v) is 16.4. The minimum atomic E-state index is -0.272. The summed E-state index contributed by atoms with van der Waals surface area (Å²) in [5.74, 6) is 1.60. The third-order valence-electron chi connectivity index (χ3n) is 5.80. The van der Waals surface area contributed by atoms with Crippen molar-refractivity contribution in [3.8, 4) is 5.75 Å². The van der Waals surface area contributed by atoms with Crippen LogP contribution in [0.15, 0.2) is 24.3 Å². The van der Waals surface area contributed by atoms with Crippen molar-refractivity contribution in [3.05, 3.63) is 29.8 Å². The second-order valence-electron chi connectivity index (χ2n) is 7.56. The number of carbonyl (C=O) groups excluding carboxylic acids is 3. The van der Waals surface area contributed by atoms with Gasteiger partial charge < -0.3 is 20.3 Å². The number of benzene rings is 1. The lowest BCUT2D eigenvalue weighted by Crippen LogP contribution is -2.34. The molecule has 7 heteroatoms. The van der Waals surface area contributed by atoms with Gasteiger partial charge in [0.25, 0.3) is 0 Å². The summed E-state index contributed by atoms with van der Waals surface area (Å²) >= 11 is 0. The number of carbonyl (C=O) groups is 3. The van der Waals surface area contributed by atoms with Crippen LogP contribution >= 0.6 is 0 Å². The number of fused-ring (bicyclic) bond motifs is 1. The normalized spacial score (nSPS) is 21.5. The molecule has 2 amide bonds. The Bertz CT molecular complexity index is 690. The van der Waals surface area contributed by atoms with Gasteiger partial charge in [-0.1, -0.05) is 0 Å². The summed E-state index contributed by atoms with van der Waals surface area (Å²) in [7, 11) is 1.56. The highest BCUT2D eigenvalue weighted by Gasteiger charge is 2.31. The molecular weight excluding hydrogens is 358 g/mol. The van der Waals surface area contributed by atoms with Crippen molar-refractivity contribution < 1.29 is 19.1 Å². The number of rotatable bonds is 7. The molecule has 3 rings (SSSR count). The highest BCUT2D eigenvalue weighted by Crippen LogP contribution is 2.27. The molecule has 2 heterocycles. The van der Waals surface area contributed by atoms with Crippen LogP contribution in [-0.2, 0) is 9.59 Å². The van der Waals surface area contributed by atoms with Crippen molar-refractivity contribution >= 4 is 17.6 Å². The molecule has 7 nitrogen and oxygen atoms in total. The van der Waals surface area contributed by atoms with E-state index in [2.05, 4.69) is 10.6 Å². The molecule has 0 saturated carbocycles. The fraction of sp³-hybridized carbons (Fsp3) is 0.571. The molecule has 152 valence electrons. The predicted molar refractivity (Wildman–Crippen MR) is 105 cm³/mol. The number of nitrogens with one attached hydrogen (secondary N) is 2. The number of ether oxygens (including phenoxy) is 1. The van der Waals surface area contributed by atoms with Gasteiger partial charge in [0, 0.05) is 31.5 Å².